The lowest BCUT2D eigenvalue weighted by atomic mass is 9.96. The number of ether oxygens (including phenoxy) is 2. The number of piperidine rings is 1. The van der Waals surface area contributed by atoms with Crippen LogP contribution in [0.2, 0.25) is 0 Å². The van der Waals surface area contributed by atoms with Gasteiger partial charge in [-0.2, -0.15) is 0 Å². The molecule has 1 fully saturated rings. The van der Waals surface area contributed by atoms with Gasteiger partial charge in [-0.1, -0.05) is 0 Å². The summed E-state index contributed by atoms with van der Waals surface area (Å²) in [6.45, 7) is 2.46. The van der Waals surface area contributed by atoms with E-state index in [1.54, 1.807) is 55.3 Å². The van der Waals surface area contributed by atoms with E-state index in [0.29, 0.717) is 43.0 Å². The average Bonchev–Trinajstić information content (AvgIpc) is 3.27. The highest BCUT2D eigenvalue weighted by atomic mass is 16.5. The Morgan fingerprint density at radius 3 is 2.36 bits per heavy atom. The summed E-state index contributed by atoms with van der Waals surface area (Å²) in [6.07, 6.45) is 1.57. The quantitative estimate of drug-likeness (QED) is 0.561. The molecule has 0 radical (unpaired) electrons. The van der Waals surface area contributed by atoms with Gasteiger partial charge in [0, 0.05) is 18.7 Å². The molecular weight excluding hydrogens is 362 g/mol. The zero-order chi connectivity index (χ0) is 20.1. The molecule has 1 atom stereocenters. The molecule has 2 aromatic rings. The Labute approximate surface area is 163 Å². The second-order valence-corrected chi connectivity index (χ2v) is 6.72. The molecule has 7 heteroatoms. The number of hydrogen-bond acceptors (Lipinski definition) is 6. The fourth-order valence-corrected chi connectivity index (χ4v) is 3.19. The number of Topliss-reactive ketones (excluding diaryl/α,β-unsaturated/α-hetero) is 1. The first-order valence-electron chi connectivity index (χ1n) is 9.21. The number of rotatable bonds is 6. The normalized spacial score (nSPS) is 15.7. The third-order valence-corrected chi connectivity index (χ3v) is 4.88. The lowest BCUT2D eigenvalue weighted by molar-refractivity contribution is -0.152. The van der Waals surface area contributed by atoms with Gasteiger partial charge in [0.25, 0.3) is 5.91 Å². The number of amides is 1. The van der Waals surface area contributed by atoms with Gasteiger partial charge in [0.2, 0.25) is 5.78 Å². The lowest BCUT2D eigenvalue weighted by Gasteiger charge is -2.30. The summed E-state index contributed by atoms with van der Waals surface area (Å²) in [5, 5.41) is 0. The van der Waals surface area contributed by atoms with Crippen molar-refractivity contribution >= 4 is 17.7 Å². The number of hydrogen-bond donors (Lipinski definition) is 0. The van der Waals surface area contributed by atoms with E-state index in [4.69, 9.17) is 13.9 Å². The van der Waals surface area contributed by atoms with Crippen LogP contribution in [-0.4, -0.2) is 48.9 Å². The summed E-state index contributed by atoms with van der Waals surface area (Å²) in [4.78, 5) is 38.8. The van der Waals surface area contributed by atoms with Gasteiger partial charge in [0.1, 0.15) is 5.75 Å². The first-order valence-corrected chi connectivity index (χ1v) is 9.21. The van der Waals surface area contributed by atoms with Crippen LogP contribution in [0, 0.1) is 5.92 Å². The molecule has 148 valence electrons. The van der Waals surface area contributed by atoms with Gasteiger partial charge in [-0.05, 0) is 56.2 Å². The van der Waals surface area contributed by atoms with Crippen LogP contribution in [0.1, 0.15) is 40.7 Å². The zero-order valence-electron chi connectivity index (χ0n) is 15.9. The van der Waals surface area contributed by atoms with Crippen LogP contribution in [-0.2, 0) is 9.53 Å². The number of carbonyl (C=O) groups excluding carboxylic acids is 3. The minimum Gasteiger partial charge on any atom is -0.497 e. The molecule has 1 aromatic carbocycles. The van der Waals surface area contributed by atoms with Crippen LogP contribution < -0.4 is 4.74 Å². The van der Waals surface area contributed by atoms with Crippen molar-refractivity contribution in [1.29, 1.82) is 0 Å². The molecule has 1 amide bonds. The molecule has 3 rings (SSSR count). The van der Waals surface area contributed by atoms with Gasteiger partial charge < -0.3 is 18.8 Å². The number of benzene rings is 1. The molecule has 0 N–H and O–H groups in total. The number of likely N-dealkylation sites (tertiary alicyclic amines) is 1. The minimum absolute atomic E-state index is 0.181. The first-order chi connectivity index (χ1) is 13.5. The van der Waals surface area contributed by atoms with Gasteiger partial charge in [-0.25, -0.2) is 0 Å². The fourth-order valence-electron chi connectivity index (χ4n) is 3.19. The number of nitrogens with zero attached hydrogens (tertiary/aromatic N) is 1. The molecule has 1 saturated heterocycles. The van der Waals surface area contributed by atoms with Crippen LogP contribution >= 0.6 is 0 Å². The Morgan fingerprint density at radius 2 is 1.79 bits per heavy atom. The van der Waals surface area contributed by atoms with Crippen molar-refractivity contribution in [3.63, 3.8) is 0 Å². The summed E-state index contributed by atoms with van der Waals surface area (Å²) in [5.41, 5.74) is 0.458. The SMILES string of the molecule is COc1ccc(C(=O)[C@@H](C)OC(=O)C2CCN(C(=O)c3ccco3)CC2)cc1. The lowest BCUT2D eigenvalue weighted by Crippen LogP contribution is -2.41. The molecular formula is C21H23NO6. The summed E-state index contributed by atoms with van der Waals surface area (Å²) < 4.78 is 15.6. The molecule has 1 aliphatic heterocycles. The van der Waals surface area contributed by atoms with Gasteiger partial charge in [-0.3, -0.25) is 14.4 Å². The zero-order valence-corrected chi connectivity index (χ0v) is 15.9. The molecule has 0 unspecified atom stereocenters. The first kappa shape index (κ1) is 19.7. The van der Waals surface area contributed by atoms with E-state index in [2.05, 4.69) is 0 Å². The van der Waals surface area contributed by atoms with Gasteiger partial charge in [-0.15, -0.1) is 0 Å². The number of carbonyl (C=O) groups is 3. The Bertz CT molecular complexity index is 819. The van der Waals surface area contributed by atoms with Crippen LogP contribution in [0.15, 0.2) is 47.1 Å². The monoisotopic (exact) mass is 385 g/mol. The second kappa shape index (κ2) is 8.73. The maximum atomic E-state index is 12.5. The summed E-state index contributed by atoms with van der Waals surface area (Å²) in [6, 6.07) is 9.95. The summed E-state index contributed by atoms with van der Waals surface area (Å²) >= 11 is 0. The third-order valence-electron chi connectivity index (χ3n) is 4.88. The number of furan rings is 1. The largest absolute Gasteiger partial charge is 0.497 e. The molecule has 7 nitrogen and oxygen atoms in total. The highest BCUT2D eigenvalue weighted by molar-refractivity contribution is 6.00. The van der Waals surface area contributed by atoms with E-state index in [1.807, 2.05) is 0 Å². The van der Waals surface area contributed by atoms with E-state index in [0.717, 1.165) is 0 Å². The van der Waals surface area contributed by atoms with E-state index >= 15 is 0 Å². The molecule has 28 heavy (non-hydrogen) atoms. The Kier molecular flexibility index (Phi) is 6.13. The molecule has 1 aromatic heterocycles. The van der Waals surface area contributed by atoms with E-state index in [-0.39, 0.29) is 17.6 Å². The average molecular weight is 385 g/mol. The predicted octanol–water partition coefficient (Wildman–Crippen LogP) is 2.96. The summed E-state index contributed by atoms with van der Waals surface area (Å²) in [7, 11) is 1.55. The minimum atomic E-state index is -0.872. The van der Waals surface area contributed by atoms with E-state index in [9.17, 15) is 14.4 Å². The summed E-state index contributed by atoms with van der Waals surface area (Å²) in [5.74, 6) is -0.232. The number of methoxy groups -OCH3 is 1. The van der Waals surface area contributed by atoms with Crippen molar-refractivity contribution in [1.82, 2.24) is 4.90 Å². The van der Waals surface area contributed by atoms with E-state index in [1.165, 1.54) is 6.26 Å². The fraction of sp³-hybridized carbons (Fsp3) is 0.381. The molecule has 0 spiro atoms. The predicted molar refractivity (Wildman–Crippen MR) is 100 cm³/mol. The highest BCUT2D eigenvalue weighted by Crippen LogP contribution is 2.22. The van der Waals surface area contributed by atoms with Crippen molar-refractivity contribution in [3.05, 3.63) is 54.0 Å². The Morgan fingerprint density at radius 1 is 1.11 bits per heavy atom. The molecule has 2 heterocycles. The van der Waals surface area contributed by atoms with Gasteiger partial charge in [0.15, 0.2) is 11.9 Å². The van der Waals surface area contributed by atoms with E-state index < -0.39 is 12.1 Å². The Hall–Kier alpha value is -3.09. The molecule has 0 bridgehead atoms. The second-order valence-electron chi connectivity index (χ2n) is 6.72. The van der Waals surface area contributed by atoms with Gasteiger partial charge >= 0.3 is 5.97 Å². The third kappa shape index (κ3) is 4.42. The van der Waals surface area contributed by atoms with Crippen molar-refractivity contribution in [2.24, 2.45) is 5.92 Å². The maximum Gasteiger partial charge on any atom is 0.309 e. The topological polar surface area (TPSA) is 86.0 Å². The molecule has 0 aliphatic carbocycles. The standard InChI is InChI=1S/C21H23NO6/c1-14(19(23)15-5-7-17(26-2)8-6-15)28-21(25)16-9-11-22(12-10-16)20(24)18-4-3-13-27-18/h3-8,13-14,16H,9-12H2,1-2H3/t14-/m1/s1. The molecule has 1 aliphatic rings. The van der Waals surface area contributed by atoms with Crippen LogP contribution in [0.3, 0.4) is 0 Å². The van der Waals surface area contributed by atoms with Crippen molar-refractivity contribution < 1.29 is 28.3 Å². The van der Waals surface area contributed by atoms with Crippen molar-refractivity contribution in [3.8, 4) is 5.75 Å². The smallest absolute Gasteiger partial charge is 0.309 e. The van der Waals surface area contributed by atoms with Crippen molar-refractivity contribution in [2.45, 2.75) is 25.9 Å². The number of esters is 1. The van der Waals surface area contributed by atoms with Crippen LogP contribution in [0.4, 0.5) is 0 Å². The maximum absolute atomic E-state index is 12.5. The van der Waals surface area contributed by atoms with Crippen molar-refractivity contribution in [2.75, 3.05) is 20.2 Å². The molecule has 0 saturated carbocycles. The van der Waals surface area contributed by atoms with Crippen LogP contribution in [0.25, 0.3) is 0 Å². The van der Waals surface area contributed by atoms with Gasteiger partial charge in [0.05, 0.1) is 19.3 Å². The van der Waals surface area contributed by atoms with Crippen LogP contribution in [0.5, 0.6) is 5.75 Å². The Balaban J connectivity index is 1.50. The number of ketones is 1. The highest BCUT2D eigenvalue weighted by Gasteiger charge is 2.31.